The first kappa shape index (κ1) is 25.7. The minimum Gasteiger partial charge on any atom is -0.382 e. The SMILES string of the molecule is CCCO[C@H]1[C@H](OCCOCCBr)[C@@H](COC)OC(OC)[C@@H]1OCc1ccccc1. The van der Waals surface area contributed by atoms with Crippen molar-refractivity contribution in [1.29, 1.82) is 0 Å². The molecule has 0 aliphatic carbocycles. The van der Waals surface area contributed by atoms with Crippen molar-refractivity contribution in [3.63, 3.8) is 0 Å². The summed E-state index contributed by atoms with van der Waals surface area (Å²) in [4.78, 5) is 0. The number of benzene rings is 1. The average Bonchev–Trinajstić information content (AvgIpc) is 2.78. The molecule has 7 nitrogen and oxygen atoms in total. The molecule has 0 bridgehead atoms. The first-order chi connectivity index (χ1) is 14.7. The summed E-state index contributed by atoms with van der Waals surface area (Å²) >= 11 is 3.35. The summed E-state index contributed by atoms with van der Waals surface area (Å²) in [5.41, 5.74) is 1.07. The van der Waals surface area contributed by atoms with Crippen molar-refractivity contribution < 1.29 is 33.2 Å². The van der Waals surface area contributed by atoms with E-state index in [-0.39, 0.29) is 18.3 Å². The molecule has 5 atom stereocenters. The van der Waals surface area contributed by atoms with Crippen molar-refractivity contribution >= 4 is 15.9 Å². The maximum atomic E-state index is 6.25. The fourth-order valence-corrected chi connectivity index (χ4v) is 3.58. The Morgan fingerprint density at radius 1 is 0.900 bits per heavy atom. The molecule has 1 saturated heterocycles. The molecule has 8 heteroatoms. The zero-order chi connectivity index (χ0) is 21.6. The van der Waals surface area contributed by atoms with Crippen LogP contribution in [0.15, 0.2) is 30.3 Å². The van der Waals surface area contributed by atoms with Crippen LogP contribution >= 0.6 is 15.9 Å². The monoisotopic (exact) mass is 490 g/mol. The van der Waals surface area contributed by atoms with E-state index in [1.54, 1.807) is 14.2 Å². The van der Waals surface area contributed by atoms with Crippen LogP contribution in [-0.4, -0.2) is 83.3 Å². The van der Waals surface area contributed by atoms with Crippen LogP contribution in [0.25, 0.3) is 0 Å². The smallest absolute Gasteiger partial charge is 0.186 e. The number of rotatable bonds is 15. The highest BCUT2D eigenvalue weighted by molar-refractivity contribution is 9.09. The van der Waals surface area contributed by atoms with Gasteiger partial charge in [-0.15, -0.1) is 0 Å². The Morgan fingerprint density at radius 3 is 2.33 bits per heavy atom. The maximum Gasteiger partial charge on any atom is 0.186 e. The van der Waals surface area contributed by atoms with Gasteiger partial charge in [0, 0.05) is 26.2 Å². The fraction of sp³-hybridized carbons (Fsp3) is 0.727. The van der Waals surface area contributed by atoms with Gasteiger partial charge >= 0.3 is 0 Å². The second-order valence-electron chi connectivity index (χ2n) is 6.97. The average molecular weight is 491 g/mol. The van der Waals surface area contributed by atoms with Crippen molar-refractivity contribution in [2.24, 2.45) is 0 Å². The van der Waals surface area contributed by atoms with Crippen LogP contribution < -0.4 is 0 Å². The topological polar surface area (TPSA) is 64.6 Å². The second-order valence-corrected chi connectivity index (χ2v) is 7.76. The van der Waals surface area contributed by atoms with Crippen molar-refractivity contribution in [1.82, 2.24) is 0 Å². The Kier molecular flexibility index (Phi) is 13.1. The molecule has 0 aromatic heterocycles. The largest absolute Gasteiger partial charge is 0.382 e. The number of methoxy groups -OCH3 is 2. The van der Waals surface area contributed by atoms with Crippen molar-refractivity contribution in [3.8, 4) is 0 Å². The molecule has 2 rings (SSSR count). The molecule has 1 aromatic rings. The molecule has 1 aliphatic heterocycles. The Bertz CT molecular complexity index is 548. The summed E-state index contributed by atoms with van der Waals surface area (Å²) in [6.07, 6.45) is -1.20. The van der Waals surface area contributed by atoms with Gasteiger partial charge in [-0.25, -0.2) is 0 Å². The van der Waals surface area contributed by atoms with E-state index in [4.69, 9.17) is 33.2 Å². The molecule has 1 aromatic carbocycles. The molecule has 1 heterocycles. The Balaban J connectivity index is 2.13. The molecule has 1 unspecified atom stereocenters. The summed E-state index contributed by atoms with van der Waals surface area (Å²) in [6, 6.07) is 10.0. The zero-order valence-corrected chi connectivity index (χ0v) is 19.8. The van der Waals surface area contributed by atoms with E-state index in [1.165, 1.54) is 0 Å². The van der Waals surface area contributed by atoms with Crippen LogP contribution in [0.1, 0.15) is 18.9 Å². The lowest BCUT2D eigenvalue weighted by Crippen LogP contribution is -2.61. The van der Waals surface area contributed by atoms with E-state index in [0.29, 0.717) is 39.6 Å². The zero-order valence-electron chi connectivity index (χ0n) is 18.2. The maximum absolute atomic E-state index is 6.25. The third kappa shape index (κ3) is 8.16. The van der Waals surface area contributed by atoms with Crippen LogP contribution in [0.3, 0.4) is 0 Å². The van der Waals surface area contributed by atoms with Gasteiger partial charge in [0.25, 0.3) is 0 Å². The lowest BCUT2D eigenvalue weighted by molar-refractivity contribution is -0.319. The van der Waals surface area contributed by atoms with Gasteiger partial charge in [0.2, 0.25) is 0 Å². The van der Waals surface area contributed by atoms with E-state index in [2.05, 4.69) is 22.9 Å². The third-order valence-electron chi connectivity index (χ3n) is 4.71. The predicted molar refractivity (Wildman–Crippen MR) is 117 cm³/mol. The van der Waals surface area contributed by atoms with E-state index < -0.39 is 12.4 Å². The van der Waals surface area contributed by atoms with Crippen LogP contribution in [-0.2, 0) is 39.8 Å². The molecule has 30 heavy (non-hydrogen) atoms. The van der Waals surface area contributed by atoms with E-state index in [9.17, 15) is 0 Å². The first-order valence-electron chi connectivity index (χ1n) is 10.4. The van der Waals surface area contributed by atoms with Gasteiger partial charge in [-0.3, -0.25) is 0 Å². The minimum absolute atomic E-state index is 0.338. The summed E-state index contributed by atoms with van der Waals surface area (Å²) in [5, 5.41) is 0.791. The number of hydrogen-bond acceptors (Lipinski definition) is 7. The summed E-state index contributed by atoms with van der Waals surface area (Å²) in [7, 11) is 3.25. The lowest BCUT2D eigenvalue weighted by atomic mass is 9.98. The number of ether oxygens (including phenoxy) is 7. The number of halogens is 1. The standard InChI is InChI=1S/C22H35BrO7/c1-4-11-27-20-19(28-14-13-26-12-10-23)18(16-24-2)30-22(25-3)21(20)29-15-17-8-6-5-7-9-17/h5-9,18-22H,4,10-16H2,1-3H3/t18-,19-,20+,21-,22?/m1/s1. The summed E-state index contributed by atoms with van der Waals surface area (Å²) < 4.78 is 41.3. The fourth-order valence-electron chi connectivity index (χ4n) is 3.35. The Labute approximate surface area is 188 Å². The number of alkyl halides is 1. The molecular formula is C22H35BrO7. The Hall–Kier alpha value is -0.580. The molecule has 1 fully saturated rings. The van der Waals surface area contributed by atoms with Crippen molar-refractivity contribution in [2.75, 3.05) is 52.6 Å². The first-order valence-corrected chi connectivity index (χ1v) is 11.6. The van der Waals surface area contributed by atoms with Crippen LogP contribution in [0, 0.1) is 0 Å². The van der Waals surface area contributed by atoms with E-state index in [1.807, 2.05) is 30.3 Å². The van der Waals surface area contributed by atoms with E-state index >= 15 is 0 Å². The van der Waals surface area contributed by atoms with Gasteiger partial charge in [0.15, 0.2) is 6.29 Å². The van der Waals surface area contributed by atoms with Gasteiger partial charge in [-0.05, 0) is 12.0 Å². The molecule has 0 amide bonds. The molecule has 1 aliphatic rings. The van der Waals surface area contributed by atoms with Gasteiger partial charge in [-0.1, -0.05) is 53.2 Å². The third-order valence-corrected chi connectivity index (χ3v) is 5.04. The van der Waals surface area contributed by atoms with Crippen LogP contribution in [0.2, 0.25) is 0 Å². The van der Waals surface area contributed by atoms with Gasteiger partial charge in [-0.2, -0.15) is 0 Å². The summed E-state index contributed by atoms with van der Waals surface area (Å²) in [5.74, 6) is 0. The quantitative estimate of drug-likeness (QED) is 0.276. The van der Waals surface area contributed by atoms with Crippen LogP contribution in [0.5, 0.6) is 0 Å². The highest BCUT2D eigenvalue weighted by Gasteiger charge is 2.48. The minimum atomic E-state index is -0.583. The van der Waals surface area contributed by atoms with Gasteiger partial charge < -0.3 is 33.2 Å². The molecule has 0 spiro atoms. The Morgan fingerprint density at radius 2 is 1.67 bits per heavy atom. The highest BCUT2D eigenvalue weighted by Crippen LogP contribution is 2.29. The van der Waals surface area contributed by atoms with E-state index in [0.717, 1.165) is 17.3 Å². The second kappa shape index (κ2) is 15.3. The van der Waals surface area contributed by atoms with Gasteiger partial charge in [0.05, 0.1) is 33.0 Å². The highest BCUT2D eigenvalue weighted by atomic mass is 79.9. The molecule has 172 valence electrons. The molecular weight excluding hydrogens is 456 g/mol. The molecule has 0 saturated carbocycles. The van der Waals surface area contributed by atoms with Crippen molar-refractivity contribution in [3.05, 3.63) is 35.9 Å². The molecule has 0 radical (unpaired) electrons. The van der Waals surface area contributed by atoms with Crippen molar-refractivity contribution in [2.45, 2.75) is 50.7 Å². The summed E-state index contributed by atoms with van der Waals surface area (Å²) in [6.45, 7) is 5.01. The van der Waals surface area contributed by atoms with Gasteiger partial charge in [0.1, 0.15) is 24.4 Å². The normalized spacial score (nSPS) is 26.7. The van der Waals surface area contributed by atoms with Crippen LogP contribution in [0.4, 0.5) is 0 Å². The predicted octanol–water partition coefficient (Wildman–Crippen LogP) is 3.18. The molecule has 0 N–H and O–H groups in total. The lowest BCUT2D eigenvalue weighted by Gasteiger charge is -2.45. The number of hydrogen-bond donors (Lipinski definition) is 0.